The Morgan fingerprint density at radius 2 is 2.20 bits per heavy atom. The van der Waals surface area contributed by atoms with Gasteiger partial charge in [-0.3, -0.25) is 4.99 Å². The smallest absolute Gasteiger partial charge is 0.374 e. The molecule has 0 atom stereocenters. The van der Waals surface area contributed by atoms with Crippen molar-refractivity contribution >= 4 is 11.8 Å². The molecule has 0 unspecified atom stereocenters. The number of furan rings is 1. The van der Waals surface area contributed by atoms with Crippen molar-refractivity contribution in [2.45, 2.75) is 6.54 Å². The highest BCUT2D eigenvalue weighted by molar-refractivity contribution is 6.01. The summed E-state index contributed by atoms with van der Waals surface area (Å²) in [5.41, 5.74) is 2.33. The van der Waals surface area contributed by atoms with Crippen molar-refractivity contribution in [1.29, 1.82) is 0 Å². The molecule has 0 bridgehead atoms. The summed E-state index contributed by atoms with van der Waals surface area (Å²) in [7, 11) is 0. The zero-order valence-electron chi connectivity index (χ0n) is 10.8. The predicted molar refractivity (Wildman–Crippen MR) is 73.7 cm³/mol. The van der Waals surface area contributed by atoms with E-state index in [2.05, 4.69) is 16.4 Å². The third-order valence-electron chi connectivity index (χ3n) is 3.03. The Bertz CT molecular complexity index is 632. The second-order valence-electron chi connectivity index (χ2n) is 4.36. The van der Waals surface area contributed by atoms with Crippen LogP contribution in [0.2, 0.25) is 0 Å². The molecule has 1 N–H and O–H groups in total. The van der Waals surface area contributed by atoms with Crippen LogP contribution in [0.3, 0.4) is 0 Å². The van der Waals surface area contributed by atoms with E-state index >= 15 is 0 Å². The Morgan fingerprint density at radius 1 is 1.30 bits per heavy atom. The number of nitrogens with one attached hydrogen (secondary N) is 1. The molecule has 1 aliphatic heterocycles. The molecule has 0 fully saturated rings. The van der Waals surface area contributed by atoms with E-state index in [0.717, 1.165) is 11.4 Å². The first-order valence-electron chi connectivity index (χ1n) is 6.42. The molecule has 1 aromatic heterocycles. The quantitative estimate of drug-likeness (QED) is 0.681. The van der Waals surface area contributed by atoms with Gasteiger partial charge in [0.25, 0.3) is 0 Å². The Hall–Kier alpha value is -2.56. The Kier molecular flexibility index (Phi) is 3.50. The van der Waals surface area contributed by atoms with Gasteiger partial charge < -0.3 is 14.5 Å². The molecule has 5 nitrogen and oxygen atoms in total. The van der Waals surface area contributed by atoms with E-state index < -0.39 is 5.97 Å². The zero-order valence-corrected chi connectivity index (χ0v) is 10.8. The number of benzene rings is 1. The molecule has 0 spiro atoms. The molecule has 2 aromatic rings. The van der Waals surface area contributed by atoms with Crippen LogP contribution >= 0.6 is 0 Å². The second-order valence-corrected chi connectivity index (χ2v) is 4.36. The van der Waals surface area contributed by atoms with Crippen molar-refractivity contribution in [2.24, 2.45) is 4.99 Å². The average molecular weight is 270 g/mol. The molecule has 0 saturated carbocycles. The lowest BCUT2D eigenvalue weighted by Gasteiger charge is -2.07. The van der Waals surface area contributed by atoms with E-state index in [4.69, 9.17) is 9.15 Å². The number of fused-ring (bicyclic) bond motifs is 1. The minimum Gasteiger partial charge on any atom is -0.458 e. The van der Waals surface area contributed by atoms with Crippen LogP contribution in [0.4, 0.5) is 0 Å². The number of ether oxygens (including phenoxy) is 1. The maximum Gasteiger partial charge on any atom is 0.374 e. The molecule has 5 heteroatoms. The number of carbonyl (C=O) groups excluding carboxylic acids is 1. The molecule has 102 valence electrons. The first kappa shape index (κ1) is 12.5. The fourth-order valence-electron chi connectivity index (χ4n) is 2.07. The van der Waals surface area contributed by atoms with Gasteiger partial charge in [0.15, 0.2) is 0 Å². The molecular weight excluding hydrogens is 256 g/mol. The van der Waals surface area contributed by atoms with Gasteiger partial charge in [-0.2, -0.15) is 0 Å². The average Bonchev–Trinajstić information content (AvgIpc) is 3.13. The third-order valence-corrected chi connectivity index (χ3v) is 3.03. The largest absolute Gasteiger partial charge is 0.458 e. The van der Waals surface area contributed by atoms with Crippen LogP contribution in [0.15, 0.2) is 52.1 Å². The molecule has 0 radical (unpaired) electrons. The third kappa shape index (κ3) is 2.56. The fraction of sp³-hybridized carbons (Fsp3) is 0.200. The molecule has 20 heavy (non-hydrogen) atoms. The summed E-state index contributed by atoms with van der Waals surface area (Å²) in [4.78, 5) is 15.9. The molecule has 1 aromatic carbocycles. The number of hydrogen-bond acceptors (Lipinski definition) is 5. The number of hydrogen-bond donors (Lipinski definition) is 1. The predicted octanol–water partition coefficient (Wildman–Crippen LogP) is 1.99. The topological polar surface area (TPSA) is 63.8 Å². The zero-order chi connectivity index (χ0) is 13.8. The van der Waals surface area contributed by atoms with Gasteiger partial charge >= 0.3 is 5.97 Å². The number of carbonyl (C=O) groups is 1. The van der Waals surface area contributed by atoms with E-state index in [1.54, 1.807) is 12.1 Å². The van der Waals surface area contributed by atoms with Crippen molar-refractivity contribution in [3.63, 3.8) is 0 Å². The van der Waals surface area contributed by atoms with Crippen molar-refractivity contribution in [1.82, 2.24) is 5.32 Å². The van der Waals surface area contributed by atoms with E-state index in [1.165, 1.54) is 11.8 Å². The molecular formula is C15H14N2O3. The van der Waals surface area contributed by atoms with E-state index in [-0.39, 0.29) is 12.4 Å². The van der Waals surface area contributed by atoms with Crippen LogP contribution in [0, 0.1) is 0 Å². The fourth-order valence-corrected chi connectivity index (χ4v) is 2.07. The first-order valence-corrected chi connectivity index (χ1v) is 6.42. The second kappa shape index (κ2) is 5.61. The van der Waals surface area contributed by atoms with Gasteiger partial charge in [0.05, 0.1) is 19.4 Å². The maximum atomic E-state index is 11.5. The monoisotopic (exact) mass is 270 g/mol. The van der Waals surface area contributed by atoms with Gasteiger partial charge in [0, 0.05) is 5.56 Å². The van der Waals surface area contributed by atoms with Crippen molar-refractivity contribution in [2.75, 3.05) is 13.2 Å². The summed E-state index contributed by atoms with van der Waals surface area (Å²) in [6, 6.07) is 11.3. The molecule has 2 heterocycles. The van der Waals surface area contributed by atoms with Crippen molar-refractivity contribution < 1.29 is 13.9 Å². The number of rotatable bonds is 4. The van der Waals surface area contributed by atoms with Gasteiger partial charge in [-0.05, 0) is 17.7 Å². The minimum atomic E-state index is -0.453. The lowest BCUT2D eigenvalue weighted by molar-refractivity contribution is 0.0476. The molecule has 1 aliphatic rings. The lowest BCUT2D eigenvalue weighted by atomic mass is 10.1. The van der Waals surface area contributed by atoms with Gasteiger partial charge in [-0.1, -0.05) is 24.3 Å². The Balaban J connectivity index is 1.46. The summed E-state index contributed by atoms with van der Waals surface area (Å²) in [6.45, 7) is 1.48. The highest BCUT2D eigenvalue weighted by Crippen LogP contribution is 2.16. The SMILES string of the molecule is O=C(OCCNC1=NCc2ccccc21)c1ccco1. The summed E-state index contributed by atoms with van der Waals surface area (Å²) in [6.07, 6.45) is 1.44. The van der Waals surface area contributed by atoms with Crippen LogP contribution in [-0.2, 0) is 11.3 Å². The molecule has 0 amide bonds. The normalized spacial score (nSPS) is 12.7. The maximum absolute atomic E-state index is 11.5. The van der Waals surface area contributed by atoms with Crippen molar-refractivity contribution in [3.8, 4) is 0 Å². The van der Waals surface area contributed by atoms with E-state index in [9.17, 15) is 4.79 Å². The first-order chi connectivity index (χ1) is 9.84. The summed E-state index contributed by atoms with van der Waals surface area (Å²) < 4.78 is 10.0. The van der Waals surface area contributed by atoms with Crippen LogP contribution in [0.25, 0.3) is 0 Å². The van der Waals surface area contributed by atoms with Crippen molar-refractivity contribution in [3.05, 3.63) is 59.5 Å². The van der Waals surface area contributed by atoms with Crippen LogP contribution in [0.5, 0.6) is 0 Å². The van der Waals surface area contributed by atoms with Gasteiger partial charge in [-0.25, -0.2) is 4.79 Å². The Morgan fingerprint density at radius 3 is 3.05 bits per heavy atom. The van der Waals surface area contributed by atoms with Crippen LogP contribution < -0.4 is 5.32 Å². The number of aliphatic imine (C=N–C) groups is 1. The molecule has 3 rings (SSSR count). The number of nitrogens with zero attached hydrogens (tertiary/aromatic N) is 1. The molecule has 0 saturated heterocycles. The van der Waals surface area contributed by atoms with Gasteiger partial charge in [0.2, 0.25) is 5.76 Å². The number of amidine groups is 1. The summed E-state index contributed by atoms with van der Waals surface area (Å²) in [5, 5.41) is 3.18. The standard InChI is InChI=1S/C15H14N2O3/c18-15(13-6-3-8-19-13)20-9-7-16-14-12-5-2-1-4-11(12)10-17-14/h1-6,8H,7,9-10H2,(H,16,17). The van der Waals surface area contributed by atoms with E-state index in [1.807, 2.05) is 18.2 Å². The van der Waals surface area contributed by atoms with Crippen LogP contribution in [0.1, 0.15) is 21.7 Å². The van der Waals surface area contributed by atoms with Gasteiger partial charge in [-0.15, -0.1) is 0 Å². The highest BCUT2D eigenvalue weighted by Gasteiger charge is 2.14. The Labute approximate surface area is 116 Å². The summed E-state index contributed by atoms with van der Waals surface area (Å²) >= 11 is 0. The lowest BCUT2D eigenvalue weighted by Crippen LogP contribution is -2.27. The van der Waals surface area contributed by atoms with Gasteiger partial charge in [0.1, 0.15) is 12.4 Å². The minimum absolute atomic E-state index is 0.216. The summed E-state index contributed by atoms with van der Waals surface area (Å²) in [5.74, 6) is 0.619. The van der Waals surface area contributed by atoms with Crippen LogP contribution in [-0.4, -0.2) is 25.0 Å². The van der Waals surface area contributed by atoms with E-state index in [0.29, 0.717) is 13.1 Å². The molecule has 0 aliphatic carbocycles. The highest BCUT2D eigenvalue weighted by atomic mass is 16.5. The number of esters is 1.